The van der Waals surface area contributed by atoms with E-state index in [0.717, 1.165) is 16.8 Å². The van der Waals surface area contributed by atoms with E-state index in [0.29, 0.717) is 11.3 Å². The summed E-state index contributed by atoms with van der Waals surface area (Å²) in [6.07, 6.45) is 3.54. The summed E-state index contributed by atoms with van der Waals surface area (Å²) in [6.45, 7) is 3.89. The van der Waals surface area contributed by atoms with E-state index < -0.39 is 5.97 Å². The first-order valence-corrected chi connectivity index (χ1v) is 6.67. The van der Waals surface area contributed by atoms with Gasteiger partial charge in [0.05, 0.1) is 18.7 Å². The zero-order valence-corrected chi connectivity index (χ0v) is 12.4. The van der Waals surface area contributed by atoms with Crippen LogP contribution in [0.3, 0.4) is 0 Å². The second kappa shape index (κ2) is 6.26. The fraction of sp³-hybridized carbons (Fsp3) is 0.250. The van der Waals surface area contributed by atoms with Crippen molar-refractivity contribution in [1.82, 2.24) is 4.98 Å². The number of aryl methyl sites for hydroxylation is 1. The second-order valence-electron chi connectivity index (χ2n) is 4.90. The maximum absolute atomic E-state index is 11.8. The first-order valence-electron chi connectivity index (χ1n) is 6.67. The molecule has 1 aromatic carbocycles. The molecular weight excluding hydrogens is 266 g/mol. The maximum Gasteiger partial charge on any atom is 0.340 e. The Bertz CT molecular complexity index is 641. The summed E-state index contributed by atoms with van der Waals surface area (Å²) in [6, 6.07) is 7.57. The first kappa shape index (κ1) is 14.8. The maximum atomic E-state index is 11.8. The third-order valence-corrected chi connectivity index (χ3v) is 3.36. The normalized spacial score (nSPS) is 11.8. The smallest absolute Gasteiger partial charge is 0.340 e. The number of nitrogens with zero attached hydrogens (tertiary/aromatic N) is 1. The Balaban J connectivity index is 2.28. The predicted octanol–water partition coefficient (Wildman–Crippen LogP) is 2.93. The highest BCUT2D eigenvalue weighted by Crippen LogP contribution is 2.26. The van der Waals surface area contributed by atoms with Crippen LogP contribution in [0, 0.1) is 6.92 Å². The molecule has 1 atom stereocenters. The topological polar surface area (TPSA) is 77.2 Å². The molecule has 0 spiro atoms. The van der Waals surface area contributed by atoms with Crippen LogP contribution < -0.4 is 11.1 Å². The molecule has 0 amide bonds. The predicted molar refractivity (Wildman–Crippen MR) is 83.2 cm³/mol. The summed E-state index contributed by atoms with van der Waals surface area (Å²) in [5.41, 5.74) is 9.46. The van der Waals surface area contributed by atoms with E-state index in [1.807, 2.05) is 38.2 Å². The van der Waals surface area contributed by atoms with Gasteiger partial charge in [0.1, 0.15) is 0 Å². The Hall–Kier alpha value is -2.56. The van der Waals surface area contributed by atoms with Gasteiger partial charge in [-0.25, -0.2) is 4.79 Å². The molecule has 0 aliphatic heterocycles. The molecule has 2 aromatic rings. The molecule has 0 radical (unpaired) electrons. The molecule has 0 bridgehead atoms. The van der Waals surface area contributed by atoms with Crippen molar-refractivity contribution in [3.05, 3.63) is 53.3 Å². The van der Waals surface area contributed by atoms with E-state index in [1.165, 1.54) is 7.11 Å². The molecule has 2 rings (SSSR count). The minimum absolute atomic E-state index is 0.0622. The summed E-state index contributed by atoms with van der Waals surface area (Å²) in [7, 11) is 1.34. The van der Waals surface area contributed by atoms with Gasteiger partial charge in [0, 0.05) is 23.8 Å². The average Bonchev–Trinajstić information content (AvgIpc) is 2.50. The summed E-state index contributed by atoms with van der Waals surface area (Å²) in [4.78, 5) is 15.9. The fourth-order valence-corrected chi connectivity index (χ4v) is 2.13. The van der Waals surface area contributed by atoms with Gasteiger partial charge >= 0.3 is 5.97 Å². The van der Waals surface area contributed by atoms with Gasteiger partial charge in [0.25, 0.3) is 0 Å². The molecular formula is C16H19N3O2. The number of nitrogens with one attached hydrogen (secondary N) is 1. The molecule has 1 heterocycles. The number of nitrogens with two attached hydrogens (primary N) is 1. The van der Waals surface area contributed by atoms with Crippen LogP contribution in [0.1, 0.15) is 34.5 Å². The van der Waals surface area contributed by atoms with E-state index in [2.05, 4.69) is 10.3 Å². The average molecular weight is 285 g/mol. The van der Waals surface area contributed by atoms with Gasteiger partial charge in [-0.3, -0.25) is 4.98 Å². The van der Waals surface area contributed by atoms with Crippen LogP contribution in [0.25, 0.3) is 0 Å². The number of carbonyl (C=O) groups is 1. The van der Waals surface area contributed by atoms with Crippen LogP contribution in [-0.2, 0) is 4.74 Å². The van der Waals surface area contributed by atoms with Crippen molar-refractivity contribution < 1.29 is 9.53 Å². The monoisotopic (exact) mass is 285 g/mol. The van der Waals surface area contributed by atoms with Gasteiger partial charge in [0.2, 0.25) is 0 Å². The van der Waals surface area contributed by atoms with Crippen LogP contribution in [0.5, 0.6) is 0 Å². The van der Waals surface area contributed by atoms with Crippen molar-refractivity contribution in [3.8, 4) is 0 Å². The zero-order chi connectivity index (χ0) is 15.4. The van der Waals surface area contributed by atoms with E-state index in [4.69, 9.17) is 10.5 Å². The summed E-state index contributed by atoms with van der Waals surface area (Å²) in [5, 5.41) is 3.34. The van der Waals surface area contributed by atoms with E-state index in [9.17, 15) is 4.79 Å². The molecule has 5 nitrogen and oxygen atoms in total. The molecule has 0 saturated carbocycles. The van der Waals surface area contributed by atoms with Gasteiger partial charge < -0.3 is 15.8 Å². The molecule has 21 heavy (non-hydrogen) atoms. The summed E-state index contributed by atoms with van der Waals surface area (Å²) < 4.78 is 4.76. The number of nitrogen functional groups attached to an aromatic ring is 1. The third-order valence-electron chi connectivity index (χ3n) is 3.36. The second-order valence-corrected chi connectivity index (χ2v) is 4.90. The Morgan fingerprint density at radius 2 is 2.19 bits per heavy atom. The van der Waals surface area contributed by atoms with Crippen LogP contribution in [-0.4, -0.2) is 18.1 Å². The number of hydrogen-bond acceptors (Lipinski definition) is 5. The Labute approximate surface area is 124 Å². The number of rotatable bonds is 4. The largest absolute Gasteiger partial charge is 0.465 e. The van der Waals surface area contributed by atoms with Crippen LogP contribution in [0.4, 0.5) is 11.4 Å². The SMILES string of the molecule is COC(=O)c1cc(NC(C)c2cccnc2)cc(C)c1N. The van der Waals surface area contributed by atoms with Gasteiger partial charge in [-0.1, -0.05) is 6.07 Å². The molecule has 0 aliphatic carbocycles. The van der Waals surface area contributed by atoms with E-state index in [1.54, 1.807) is 12.3 Å². The Morgan fingerprint density at radius 1 is 1.43 bits per heavy atom. The first-order chi connectivity index (χ1) is 10.0. The molecule has 5 heteroatoms. The van der Waals surface area contributed by atoms with Gasteiger partial charge in [-0.05, 0) is 43.2 Å². The lowest BCUT2D eigenvalue weighted by Crippen LogP contribution is -2.11. The molecule has 3 N–H and O–H groups in total. The standard InChI is InChI=1S/C16H19N3O2/c1-10-7-13(8-14(15(10)17)16(20)21-3)19-11(2)12-5-4-6-18-9-12/h4-9,11,19H,17H2,1-3H3. The van der Waals surface area contributed by atoms with Crippen molar-refractivity contribution in [3.63, 3.8) is 0 Å². The van der Waals surface area contributed by atoms with Crippen LogP contribution in [0.2, 0.25) is 0 Å². The number of anilines is 2. The minimum atomic E-state index is -0.437. The molecule has 1 aromatic heterocycles. The number of methoxy groups -OCH3 is 1. The number of benzene rings is 1. The third kappa shape index (κ3) is 3.31. The summed E-state index contributed by atoms with van der Waals surface area (Å²) in [5.74, 6) is -0.437. The number of hydrogen-bond donors (Lipinski definition) is 2. The van der Waals surface area contributed by atoms with E-state index in [-0.39, 0.29) is 6.04 Å². The van der Waals surface area contributed by atoms with Crippen molar-refractivity contribution in [2.75, 3.05) is 18.2 Å². The van der Waals surface area contributed by atoms with Crippen LogP contribution in [0.15, 0.2) is 36.7 Å². The van der Waals surface area contributed by atoms with E-state index >= 15 is 0 Å². The highest BCUT2D eigenvalue weighted by molar-refractivity contribution is 5.97. The quantitative estimate of drug-likeness (QED) is 0.667. The zero-order valence-electron chi connectivity index (χ0n) is 12.4. The number of aromatic nitrogens is 1. The highest BCUT2D eigenvalue weighted by Gasteiger charge is 2.14. The van der Waals surface area contributed by atoms with Crippen molar-refractivity contribution in [2.45, 2.75) is 19.9 Å². The minimum Gasteiger partial charge on any atom is -0.465 e. The van der Waals surface area contributed by atoms with Gasteiger partial charge in [-0.15, -0.1) is 0 Å². The Morgan fingerprint density at radius 3 is 2.81 bits per heavy atom. The number of ether oxygens (including phenoxy) is 1. The van der Waals surface area contributed by atoms with Gasteiger partial charge in [-0.2, -0.15) is 0 Å². The van der Waals surface area contributed by atoms with Crippen molar-refractivity contribution in [2.24, 2.45) is 0 Å². The molecule has 0 saturated heterocycles. The molecule has 1 unspecified atom stereocenters. The highest BCUT2D eigenvalue weighted by atomic mass is 16.5. The molecule has 0 aliphatic rings. The number of pyridine rings is 1. The van der Waals surface area contributed by atoms with Crippen molar-refractivity contribution >= 4 is 17.3 Å². The summed E-state index contributed by atoms with van der Waals surface area (Å²) >= 11 is 0. The fourth-order valence-electron chi connectivity index (χ4n) is 2.13. The number of esters is 1. The lowest BCUT2D eigenvalue weighted by molar-refractivity contribution is 0.0602. The molecule has 0 fully saturated rings. The Kier molecular flexibility index (Phi) is 4.42. The lowest BCUT2D eigenvalue weighted by atomic mass is 10.1. The molecule has 110 valence electrons. The lowest BCUT2D eigenvalue weighted by Gasteiger charge is -2.17. The number of carbonyl (C=O) groups excluding carboxylic acids is 1. The van der Waals surface area contributed by atoms with Crippen molar-refractivity contribution in [1.29, 1.82) is 0 Å². The van der Waals surface area contributed by atoms with Crippen LogP contribution >= 0.6 is 0 Å². The van der Waals surface area contributed by atoms with Gasteiger partial charge in [0.15, 0.2) is 0 Å².